The molecular weight excluding hydrogens is 424 g/mol. The number of methoxy groups -OCH3 is 1. The molecule has 4 rings (SSSR count). The normalized spacial score (nSPS) is 16.8. The van der Waals surface area contributed by atoms with Crippen molar-refractivity contribution in [3.05, 3.63) is 59.7 Å². The van der Waals surface area contributed by atoms with Crippen LogP contribution in [-0.2, 0) is 19.1 Å². The zero-order valence-electron chi connectivity index (χ0n) is 18.7. The summed E-state index contributed by atoms with van der Waals surface area (Å²) in [6.45, 7) is 2.55. The number of benzene rings is 2. The largest absolute Gasteiger partial charge is 0.481 e. The van der Waals surface area contributed by atoms with Crippen molar-refractivity contribution in [3.63, 3.8) is 0 Å². The molecule has 2 aromatic rings. The number of fused-ring (bicyclic) bond motifs is 3. The molecule has 1 heterocycles. The maximum Gasteiger partial charge on any atom is 0.407 e. The summed E-state index contributed by atoms with van der Waals surface area (Å²) in [5, 5.41) is 11.7. The van der Waals surface area contributed by atoms with Crippen molar-refractivity contribution in [2.24, 2.45) is 11.8 Å². The molecule has 2 unspecified atom stereocenters. The van der Waals surface area contributed by atoms with E-state index in [1.54, 1.807) is 11.8 Å². The van der Waals surface area contributed by atoms with E-state index in [1.165, 1.54) is 7.11 Å². The van der Waals surface area contributed by atoms with E-state index < -0.39 is 24.1 Å². The van der Waals surface area contributed by atoms with E-state index in [4.69, 9.17) is 14.6 Å². The highest BCUT2D eigenvalue weighted by molar-refractivity contribution is 5.83. The van der Waals surface area contributed by atoms with Gasteiger partial charge in [-0.3, -0.25) is 9.59 Å². The first-order valence-corrected chi connectivity index (χ1v) is 11.0. The van der Waals surface area contributed by atoms with Gasteiger partial charge in [0.25, 0.3) is 5.91 Å². The number of carboxylic acid groups (broad SMARTS) is 1. The van der Waals surface area contributed by atoms with Gasteiger partial charge >= 0.3 is 12.1 Å². The predicted octanol–water partition coefficient (Wildman–Crippen LogP) is 2.72. The Bertz CT molecular complexity index is 1000. The third-order valence-electron chi connectivity index (χ3n) is 6.65. The molecule has 2 aromatic carbocycles. The van der Waals surface area contributed by atoms with Gasteiger partial charge in [0.05, 0.1) is 12.5 Å². The second-order valence-electron chi connectivity index (χ2n) is 8.56. The lowest BCUT2D eigenvalue weighted by molar-refractivity contribution is -0.155. The maximum absolute atomic E-state index is 12.6. The van der Waals surface area contributed by atoms with E-state index >= 15 is 0 Å². The molecule has 0 radical (unpaired) electrons. The average molecular weight is 453 g/mol. The van der Waals surface area contributed by atoms with E-state index in [-0.39, 0.29) is 30.9 Å². The highest BCUT2D eigenvalue weighted by Gasteiger charge is 2.39. The molecule has 174 valence electrons. The number of ether oxygens (including phenoxy) is 2. The van der Waals surface area contributed by atoms with Crippen LogP contribution in [0.3, 0.4) is 0 Å². The van der Waals surface area contributed by atoms with Gasteiger partial charge < -0.3 is 24.8 Å². The van der Waals surface area contributed by atoms with Crippen molar-refractivity contribution in [2.45, 2.75) is 18.9 Å². The Balaban J connectivity index is 1.28. The number of carbonyl (C=O) groups is 3. The second-order valence-corrected chi connectivity index (χ2v) is 8.56. The van der Waals surface area contributed by atoms with Crippen LogP contribution in [0.15, 0.2) is 48.5 Å². The monoisotopic (exact) mass is 452 g/mol. The predicted molar refractivity (Wildman–Crippen MR) is 121 cm³/mol. The molecule has 1 saturated heterocycles. The Morgan fingerprint density at radius 3 is 2.18 bits per heavy atom. The number of hydrogen-bond acceptors (Lipinski definition) is 5. The van der Waals surface area contributed by atoms with Crippen LogP contribution in [-0.4, -0.2) is 67.4 Å². The molecular formula is C25H28N2O6. The van der Waals surface area contributed by atoms with Crippen LogP contribution in [0.5, 0.6) is 0 Å². The minimum absolute atomic E-state index is 0.0261. The van der Waals surface area contributed by atoms with Gasteiger partial charge in [0.15, 0.2) is 6.10 Å². The molecule has 1 aliphatic heterocycles. The molecule has 2 aliphatic rings. The van der Waals surface area contributed by atoms with Gasteiger partial charge in [0.2, 0.25) is 0 Å². The van der Waals surface area contributed by atoms with Crippen LogP contribution in [0.4, 0.5) is 4.79 Å². The van der Waals surface area contributed by atoms with E-state index in [2.05, 4.69) is 17.4 Å². The van der Waals surface area contributed by atoms with Gasteiger partial charge in [-0.1, -0.05) is 55.5 Å². The van der Waals surface area contributed by atoms with Gasteiger partial charge in [0.1, 0.15) is 6.61 Å². The Kier molecular flexibility index (Phi) is 6.65. The van der Waals surface area contributed by atoms with Crippen molar-refractivity contribution in [2.75, 3.05) is 33.4 Å². The van der Waals surface area contributed by atoms with Crippen LogP contribution in [0, 0.1) is 11.8 Å². The first kappa shape index (κ1) is 22.8. The van der Waals surface area contributed by atoms with Gasteiger partial charge in [-0.05, 0) is 22.3 Å². The van der Waals surface area contributed by atoms with Crippen molar-refractivity contribution >= 4 is 18.0 Å². The van der Waals surface area contributed by atoms with E-state index in [0.717, 1.165) is 22.3 Å². The zero-order valence-corrected chi connectivity index (χ0v) is 18.7. The molecule has 1 fully saturated rings. The Labute approximate surface area is 192 Å². The summed E-state index contributed by atoms with van der Waals surface area (Å²) >= 11 is 0. The number of amides is 2. The maximum atomic E-state index is 12.6. The first-order chi connectivity index (χ1) is 15.9. The lowest BCUT2D eigenvalue weighted by atomic mass is 9.87. The number of carboxylic acids is 1. The molecule has 0 bridgehead atoms. The summed E-state index contributed by atoms with van der Waals surface area (Å²) in [6.07, 6.45) is -1.47. The van der Waals surface area contributed by atoms with Crippen LogP contribution in [0.1, 0.15) is 24.0 Å². The number of nitrogens with one attached hydrogen (secondary N) is 1. The smallest absolute Gasteiger partial charge is 0.407 e. The molecule has 2 amide bonds. The highest BCUT2D eigenvalue weighted by atomic mass is 16.5. The van der Waals surface area contributed by atoms with Gasteiger partial charge in [-0.15, -0.1) is 0 Å². The fraction of sp³-hybridized carbons (Fsp3) is 0.400. The molecule has 33 heavy (non-hydrogen) atoms. The molecule has 1 aliphatic carbocycles. The molecule has 8 heteroatoms. The Hall–Kier alpha value is -3.39. The minimum Gasteiger partial charge on any atom is -0.481 e. The summed E-state index contributed by atoms with van der Waals surface area (Å²) in [5.74, 6) is -1.76. The molecule has 0 spiro atoms. The topological polar surface area (TPSA) is 105 Å². The van der Waals surface area contributed by atoms with Crippen LogP contribution >= 0.6 is 0 Å². The van der Waals surface area contributed by atoms with Crippen molar-refractivity contribution in [3.8, 4) is 11.1 Å². The third-order valence-corrected chi connectivity index (χ3v) is 6.65. The van der Waals surface area contributed by atoms with Crippen molar-refractivity contribution in [1.82, 2.24) is 10.2 Å². The SMILES string of the molecule is COC(CNC(=O)OCC1c2ccccc2-c2ccccc21)C(=O)N1CC(C(C)C(=O)O)C1. The molecule has 8 nitrogen and oxygen atoms in total. The van der Waals surface area contributed by atoms with Crippen molar-refractivity contribution < 1.29 is 29.0 Å². The summed E-state index contributed by atoms with van der Waals surface area (Å²) in [6, 6.07) is 16.2. The number of hydrogen-bond donors (Lipinski definition) is 2. The van der Waals surface area contributed by atoms with Crippen LogP contribution in [0.25, 0.3) is 11.1 Å². The van der Waals surface area contributed by atoms with Crippen molar-refractivity contribution in [1.29, 1.82) is 0 Å². The van der Waals surface area contributed by atoms with Gasteiger partial charge in [0, 0.05) is 32.0 Å². The highest BCUT2D eigenvalue weighted by Crippen LogP contribution is 2.44. The van der Waals surface area contributed by atoms with Crippen LogP contribution in [0.2, 0.25) is 0 Å². The number of carbonyl (C=O) groups excluding carboxylic acids is 2. The van der Waals surface area contributed by atoms with E-state index in [1.807, 2.05) is 36.4 Å². The molecule has 2 N–H and O–H groups in total. The number of nitrogens with zero attached hydrogens (tertiary/aromatic N) is 1. The molecule has 2 atom stereocenters. The van der Waals surface area contributed by atoms with Gasteiger partial charge in [-0.25, -0.2) is 4.79 Å². The summed E-state index contributed by atoms with van der Waals surface area (Å²) in [7, 11) is 1.40. The van der Waals surface area contributed by atoms with Crippen LogP contribution < -0.4 is 5.32 Å². The standard InChI is InChI=1S/C25H28N2O6/c1-15(24(29)30)16-12-27(13-16)23(28)22(32-2)11-26-25(31)33-14-21-19-9-5-3-7-17(19)18-8-4-6-10-20(18)21/h3-10,15-16,21-22H,11-14H2,1-2H3,(H,26,31)(H,29,30). The zero-order chi connectivity index (χ0) is 23.5. The van der Waals surface area contributed by atoms with E-state index in [9.17, 15) is 14.4 Å². The number of alkyl carbamates (subject to hydrolysis) is 1. The summed E-state index contributed by atoms with van der Waals surface area (Å²) in [4.78, 5) is 37.6. The fourth-order valence-corrected chi connectivity index (χ4v) is 4.51. The van der Waals surface area contributed by atoms with E-state index in [0.29, 0.717) is 13.1 Å². The lowest BCUT2D eigenvalue weighted by Crippen LogP contribution is -2.57. The molecule has 0 saturated carbocycles. The summed E-state index contributed by atoms with van der Waals surface area (Å²) < 4.78 is 10.7. The summed E-state index contributed by atoms with van der Waals surface area (Å²) in [5.41, 5.74) is 4.55. The Morgan fingerprint density at radius 1 is 1.06 bits per heavy atom. The average Bonchev–Trinajstić information content (AvgIpc) is 3.10. The number of aliphatic carboxylic acids is 1. The Morgan fingerprint density at radius 2 is 1.64 bits per heavy atom. The lowest BCUT2D eigenvalue weighted by Gasteiger charge is -2.42. The first-order valence-electron chi connectivity index (χ1n) is 11.0. The minimum atomic E-state index is -0.868. The fourth-order valence-electron chi connectivity index (χ4n) is 4.51. The number of likely N-dealkylation sites (tertiary alicyclic amines) is 1. The van der Waals surface area contributed by atoms with Gasteiger partial charge in [-0.2, -0.15) is 0 Å². The third kappa shape index (κ3) is 4.57. The quantitative estimate of drug-likeness (QED) is 0.638. The second kappa shape index (κ2) is 9.62. The molecule has 0 aromatic heterocycles. The number of rotatable bonds is 8.